The number of halogens is 1. The lowest BCUT2D eigenvalue weighted by Gasteiger charge is -2.38. The van der Waals surface area contributed by atoms with Gasteiger partial charge in [0.25, 0.3) is 0 Å². The average molecular weight is 281 g/mol. The van der Waals surface area contributed by atoms with Crippen LogP contribution in [0.4, 0.5) is 4.39 Å². The van der Waals surface area contributed by atoms with Gasteiger partial charge in [-0.2, -0.15) is 0 Å². The molecule has 6 heteroatoms. The Morgan fingerprint density at radius 2 is 1.95 bits per heavy atom. The maximum atomic E-state index is 12.7. The van der Waals surface area contributed by atoms with Crippen LogP contribution >= 0.6 is 0 Å². The molecule has 1 saturated heterocycles. The summed E-state index contributed by atoms with van der Waals surface area (Å²) in [6.45, 7) is 1.23. The normalized spacial score (nSPS) is 14.8. The van der Waals surface area contributed by atoms with Crippen molar-refractivity contribution in [2.45, 2.75) is 12.8 Å². The minimum absolute atomic E-state index is 0.0475. The molecule has 1 N–H and O–H groups in total. The summed E-state index contributed by atoms with van der Waals surface area (Å²) < 4.78 is 18.0. The Kier molecular flexibility index (Phi) is 4.55. The van der Waals surface area contributed by atoms with E-state index in [0.29, 0.717) is 18.8 Å². The predicted molar refractivity (Wildman–Crippen MR) is 68.8 cm³/mol. The third kappa shape index (κ3) is 3.94. The molecule has 1 aromatic carbocycles. The monoisotopic (exact) mass is 281 g/mol. The number of hydrogen-bond acceptors (Lipinski definition) is 3. The van der Waals surface area contributed by atoms with Gasteiger partial charge in [-0.05, 0) is 24.3 Å². The van der Waals surface area contributed by atoms with Crippen LogP contribution < -0.4 is 4.74 Å². The SMILES string of the molecule is O=C(O)CC1CN(C(=O)CCOc2ccc(F)cc2)C1. The molecule has 0 saturated carbocycles. The Bertz CT molecular complexity index is 482. The molecule has 0 radical (unpaired) electrons. The molecule has 20 heavy (non-hydrogen) atoms. The Morgan fingerprint density at radius 1 is 1.30 bits per heavy atom. The quantitative estimate of drug-likeness (QED) is 0.858. The number of likely N-dealkylation sites (tertiary alicyclic amines) is 1. The van der Waals surface area contributed by atoms with Gasteiger partial charge in [-0.1, -0.05) is 0 Å². The third-order valence-electron chi connectivity index (χ3n) is 3.17. The average Bonchev–Trinajstić information content (AvgIpc) is 2.35. The lowest BCUT2D eigenvalue weighted by atomic mass is 9.96. The smallest absolute Gasteiger partial charge is 0.303 e. The zero-order valence-electron chi connectivity index (χ0n) is 10.9. The van der Waals surface area contributed by atoms with Crippen molar-refractivity contribution in [1.29, 1.82) is 0 Å². The van der Waals surface area contributed by atoms with Gasteiger partial charge in [0.1, 0.15) is 11.6 Å². The molecule has 1 aliphatic heterocycles. The molecule has 0 unspecified atom stereocenters. The zero-order chi connectivity index (χ0) is 14.5. The van der Waals surface area contributed by atoms with Gasteiger partial charge < -0.3 is 14.7 Å². The van der Waals surface area contributed by atoms with Gasteiger partial charge in [-0.15, -0.1) is 0 Å². The second-order valence-corrected chi connectivity index (χ2v) is 4.81. The molecular weight excluding hydrogens is 265 g/mol. The maximum absolute atomic E-state index is 12.7. The molecule has 1 fully saturated rings. The van der Waals surface area contributed by atoms with E-state index >= 15 is 0 Å². The topological polar surface area (TPSA) is 66.8 Å². The number of rotatable bonds is 6. The third-order valence-corrected chi connectivity index (χ3v) is 3.17. The van der Waals surface area contributed by atoms with E-state index in [2.05, 4.69) is 0 Å². The van der Waals surface area contributed by atoms with Crippen molar-refractivity contribution in [1.82, 2.24) is 4.90 Å². The number of benzene rings is 1. The first kappa shape index (κ1) is 14.3. The van der Waals surface area contributed by atoms with Crippen LogP contribution in [0.5, 0.6) is 5.75 Å². The van der Waals surface area contributed by atoms with Crippen LogP contribution in [0.1, 0.15) is 12.8 Å². The number of carbonyl (C=O) groups excluding carboxylic acids is 1. The van der Waals surface area contributed by atoms with Crippen molar-refractivity contribution in [3.63, 3.8) is 0 Å². The highest BCUT2D eigenvalue weighted by molar-refractivity contribution is 5.77. The first-order valence-corrected chi connectivity index (χ1v) is 6.42. The van der Waals surface area contributed by atoms with E-state index in [4.69, 9.17) is 9.84 Å². The molecule has 1 aliphatic rings. The Balaban J connectivity index is 1.64. The molecule has 0 bridgehead atoms. The molecule has 2 rings (SSSR count). The zero-order valence-corrected chi connectivity index (χ0v) is 10.9. The van der Waals surface area contributed by atoms with E-state index in [1.54, 1.807) is 4.90 Å². The van der Waals surface area contributed by atoms with E-state index in [1.807, 2.05) is 0 Å². The standard InChI is InChI=1S/C14H16FNO4/c15-11-1-3-12(4-2-11)20-6-5-13(17)16-8-10(9-16)7-14(18)19/h1-4,10H,5-9H2,(H,18,19). The van der Waals surface area contributed by atoms with Gasteiger partial charge in [0.2, 0.25) is 5.91 Å². The lowest BCUT2D eigenvalue weighted by Crippen LogP contribution is -2.50. The van der Waals surface area contributed by atoms with Crippen LogP contribution in [0.2, 0.25) is 0 Å². The van der Waals surface area contributed by atoms with E-state index in [-0.39, 0.29) is 37.1 Å². The molecule has 108 valence electrons. The number of aliphatic carboxylic acids is 1. The van der Waals surface area contributed by atoms with Crippen LogP contribution in [0.25, 0.3) is 0 Å². The summed E-state index contributed by atoms with van der Waals surface area (Å²) in [4.78, 5) is 23.8. The van der Waals surface area contributed by atoms with Crippen molar-refractivity contribution < 1.29 is 23.8 Å². The molecule has 1 amide bonds. The number of nitrogens with zero attached hydrogens (tertiary/aromatic N) is 1. The summed E-state index contributed by atoms with van der Waals surface area (Å²) in [6.07, 6.45) is 0.340. The summed E-state index contributed by atoms with van der Waals surface area (Å²) in [5.41, 5.74) is 0. The highest BCUT2D eigenvalue weighted by atomic mass is 19.1. The second kappa shape index (κ2) is 6.36. The molecule has 0 atom stereocenters. The fourth-order valence-electron chi connectivity index (χ4n) is 2.09. The van der Waals surface area contributed by atoms with Crippen molar-refractivity contribution in [2.24, 2.45) is 5.92 Å². The fraction of sp³-hybridized carbons (Fsp3) is 0.429. The van der Waals surface area contributed by atoms with E-state index in [1.165, 1.54) is 24.3 Å². The largest absolute Gasteiger partial charge is 0.493 e. The van der Waals surface area contributed by atoms with Crippen molar-refractivity contribution >= 4 is 11.9 Å². The molecular formula is C14H16FNO4. The molecule has 0 aromatic heterocycles. The fourth-order valence-corrected chi connectivity index (χ4v) is 2.09. The minimum Gasteiger partial charge on any atom is -0.493 e. The summed E-state index contributed by atoms with van der Waals surface area (Å²) >= 11 is 0. The molecule has 1 aromatic rings. The van der Waals surface area contributed by atoms with Crippen LogP contribution in [0, 0.1) is 11.7 Å². The second-order valence-electron chi connectivity index (χ2n) is 4.81. The molecule has 0 aliphatic carbocycles. The highest BCUT2D eigenvalue weighted by Crippen LogP contribution is 2.20. The Labute approximate surface area is 116 Å². The van der Waals surface area contributed by atoms with Crippen LogP contribution in [-0.4, -0.2) is 41.6 Å². The van der Waals surface area contributed by atoms with Crippen LogP contribution in [0.15, 0.2) is 24.3 Å². The molecule has 1 heterocycles. The van der Waals surface area contributed by atoms with Gasteiger partial charge in [0, 0.05) is 19.0 Å². The van der Waals surface area contributed by atoms with Gasteiger partial charge in [0.05, 0.1) is 19.4 Å². The number of carbonyl (C=O) groups is 2. The van der Waals surface area contributed by atoms with E-state index in [9.17, 15) is 14.0 Å². The van der Waals surface area contributed by atoms with Gasteiger partial charge in [-0.3, -0.25) is 9.59 Å². The van der Waals surface area contributed by atoms with Gasteiger partial charge in [0.15, 0.2) is 0 Å². The summed E-state index contributed by atoms with van der Waals surface area (Å²) in [6, 6.07) is 5.60. The molecule has 5 nitrogen and oxygen atoms in total. The number of hydrogen-bond donors (Lipinski definition) is 1. The number of amides is 1. The van der Waals surface area contributed by atoms with Crippen LogP contribution in [0.3, 0.4) is 0 Å². The minimum atomic E-state index is -0.832. The number of carboxylic acid groups (broad SMARTS) is 1. The summed E-state index contributed by atoms with van der Waals surface area (Å²) in [5, 5.41) is 8.61. The highest BCUT2D eigenvalue weighted by Gasteiger charge is 2.31. The predicted octanol–water partition coefficient (Wildman–Crippen LogP) is 1.53. The lowest BCUT2D eigenvalue weighted by molar-refractivity contribution is -0.145. The summed E-state index contributed by atoms with van der Waals surface area (Å²) in [7, 11) is 0. The van der Waals surface area contributed by atoms with Crippen LogP contribution in [-0.2, 0) is 9.59 Å². The summed E-state index contributed by atoms with van der Waals surface area (Å²) in [5.74, 6) is -0.630. The van der Waals surface area contributed by atoms with Gasteiger partial charge >= 0.3 is 5.97 Å². The van der Waals surface area contributed by atoms with E-state index in [0.717, 1.165) is 0 Å². The van der Waals surface area contributed by atoms with E-state index < -0.39 is 5.97 Å². The Hall–Kier alpha value is -2.11. The Morgan fingerprint density at radius 3 is 2.55 bits per heavy atom. The van der Waals surface area contributed by atoms with Crippen molar-refractivity contribution in [3.05, 3.63) is 30.1 Å². The first-order chi connectivity index (χ1) is 9.54. The first-order valence-electron chi connectivity index (χ1n) is 6.42. The van der Waals surface area contributed by atoms with Crippen molar-refractivity contribution in [2.75, 3.05) is 19.7 Å². The number of carboxylic acids is 1. The number of ether oxygens (including phenoxy) is 1. The maximum Gasteiger partial charge on any atom is 0.303 e. The van der Waals surface area contributed by atoms with Crippen molar-refractivity contribution in [3.8, 4) is 5.75 Å². The molecule has 0 spiro atoms. The van der Waals surface area contributed by atoms with Gasteiger partial charge in [-0.25, -0.2) is 4.39 Å².